The van der Waals surface area contributed by atoms with Crippen molar-refractivity contribution in [2.45, 2.75) is 0 Å². The molecule has 0 aliphatic heterocycles. The van der Waals surface area contributed by atoms with Crippen molar-refractivity contribution in [2.75, 3.05) is 11.1 Å². The van der Waals surface area contributed by atoms with Crippen LogP contribution < -0.4 is 11.1 Å². The third-order valence-electron chi connectivity index (χ3n) is 2.62. The number of carbonyl (C=O) groups excluding carboxylic acids is 1. The van der Waals surface area contributed by atoms with Gasteiger partial charge in [0.15, 0.2) is 5.75 Å². The number of amides is 1. The van der Waals surface area contributed by atoms with Gasteiger partial charge in [0.1, 0.15) is 0 Å². The van der Waals surface area contributed by atoms with Gasteiger partial charge in [0.2, 0.25) is 5.91 Å². The molecule has 1 amide bonds. The normalized spacial score (nSPS) is 10.8. The Bertz CT molecular complexity index is 692. The summed E-state index contributed by atoms with van der Waals surface area (Å²) in [5.74, 6) is -0.568. The highest BCUT2D eigenvalue weighted by Crippen LogP contribution is 2.34. The highest BCUT2D eigenvalue weighted by molar-refractivity contribution is 6.37. The van der Waals surface area contributed by atoms with E-state index in [1.165, 1.54) is 18.2 Å². The van der Waals surface area contributed by atoms with Crippen LogP contribution in [0.4, 0.5) is 11.4 Å². The summed E-state index contributed by atoms with van der Waals surface area (Å²) in [6.07, 6.45) is 3.00. The van der Waals surface area contributed by atoms with E-state index < -0.39 is 0 Å². The van der Waals surface area contributed by atoms with E-state index in [1.54, 1.807) is 24.3 Å². The second-order valence-corrected chi connectivity index (χ2v) is 5.10. The van der Waals surface area contributed by atoms with Crippen LogP contribution in [0.25, 0.3) is 6.08 Å². The molecule has 0 unspecified atom stereocenters. The van der Waals surface area contributed by atoms with Gasteiger partial charge in [-0.05, 0) is 35.9 Å². The van der Waals surface area contributed by atoms with Crippen molar-refractivity contribution in [1.82, 2.24) is 0 Å². The molecule has 0 fully saturated rings. The van der Waals surface area contributed by atoms with E-state index in [9.17, 15) is 9.90 Å². The van der Waals surface area contributed by atoms with Gasteiger partial charge in [0.05, 0.1) is 10.0 Å². The Hall–Kier alpha value is -2.17. The van der Waals surface area contributed by atoms with Crippen LogP contribution in [0.2, 0.25) is 10.0 Å². The minimum atomic E-state index is -0.352. The molecule has 4 N–H and O–H groups in total. The Labute approximate surface area is 131 Å². The number of nitrogens with two attached hydrogens (primary N) is 1. The molecular weight excluding hydrogens is 311 g/mol. The molecule has 2 aromatic carbocycles. The Morgan fingerprint density at radius 2 is 1.86 bits per heavy atom. The molecule has 21 heavy (non-hydrogen) atoms. The number of aromatic hydroxyl groups is 1. The van der Waals surface area contributed by atoms with Gasteiger partial charge >= 0.3 is 0 Å². The lowest BCUT2D eigenvalue weighted by atomic mass is 10.2. The summed E-state index contributed by atoms with van der Waals surface area (Å²) in [5.41, 5.74) is 7.47. The lowest BCUT2D eigenvalue weighted by molar-refractivity contribution is -0.111. The first-order valence-corrected chi connectivity index (χ1v) is 6.74. The van der Waals surface area contributed by atoms with Crippen LogP contribution in [0.15, 0.2) is 42.5 Å². The first-order chi connectivity index (χ1) is 9.95. The molecule has 0 aliphatic carbocycles. The highest BCUT2D eigenvalue weighted by atomic mass is 35.5. The smallest absolute Gasteiger partial charge is 0.248 e. The number of phenolic OH excluding ortho intramolecular Hbond substituents is 1. The van der Waals surface area contributed by atoms with E-state index in [0.717, 1.165) is 5.56 Å². The molecule has 0 aliphatic rings. The Morgan fingerprint density at radius 3 is 2.48 bits per heavy atom. The number of nitrogen functional groups attached to an aromatic ring is 1. The SMILES string of the molecule is Nc1cccc(/C=C/C(=O)Nc2cc(Cl)c(O)c(Cl)c2)c1. The summed E-state index contributed by atoms with van der Waals surface area (Å²) in [7, 11) is 0. The van der Waals surface area contributed by atoms with Crippen molar-refractivity contribution in [1.29, 1.82) is 0 Å². The number of anilines is 2. The average molecular weight is 323 g/mol. The molecule has 4 nitrogen and oxygen atoms in total. The van der Waals surface area contributed by atoms with E-state index in [0.29, 0.717) is 11.4 Å². The van der Waals surface area contributed by atoms with Gasteiger partial charge in [-0.3, -0.25) is 4.79 Å². The maximum Gasteiger partial charge on any atom is 0.248 e. The molecule has 0 aromatic heterocycles. The van der Waals surface area contributed by atoms with E-state index in [1.807, 2.05) is 6.07 Å². The summed E-state index contributed by atoms with van der Waals surface area (Å²) in [6.45, 7) is 0. The number of carbonyl (C=O) groups is 1. The third-order valence-corrected chi connectivity index (χ3v) is 3.20. The standard InChI is InChI=1S/C15H12Cl2N2O2/c16-12-7-11(8-13(17)15(12)21)19-14(20)5-4-9-2-1-3-10(18)6-9/h1-8,21H,18H2,(H,19,20)/b5-4+. The molecule has 0 saturated heterocycles. The predicted octanol–water partition coefficient (Wildman–Crippen LogP) is 3.93. The average Bonchev–Trinajstić information content (AvgIpc) is 2.42. The topological polar surface area (TPSA) is 75.4 Å². The minimum absolute atomic E-state index is 0.0672. The van der Waals surface area contributed by atoms with Gasteiger partial charge in [-0.25, -0.2) is 0 Å². The van der Waals surface area contributed by atoms with Crippen molar-refractivity contribution < 1.29 is 9.90 Å². The van der Waals surface area contributed by atoms with Crippen LogP contribution in [-0.2, 0) is 4.79 Å². The van der Waals surface area contributed by atoms with E-state index in [-0.39, 0.29) is 21.7 Å². The fourth-order valence-corrected chi connectivity index (χ4v) is 2.14. The lowest BCUT2D eigenvalue weighted by Gasteiger charge is -2.06. The number of hydrogen-bond acceptors (Lipinski definition) is 3. The monoisotopic (exact) mass is 322 g/mol. The fourth-order valence-electron chi connectivity index (χ4n) is 1.66. The van der Waals surface area contributed by atoms with Gasteiger partial charge in [0.25, 0.3) is 0 Å². The van der Waals surface area contributed by atoms with Gasteiger partial charge < -0.3 is 16.2 Å². The molecular formula is C15H12Cl2N2O2. The number of benzene rings is 2. The maximum absolute atomic E-state index is 11.8. The number of halogens is 2. The van der Waals surface area contributed by atoms with Crippen LogP contribution in [-0.4, -0.2) is 11.0 Å². The first kappa shape index (κ1) is 15.2. The van der Waals surface area contributed by atoms with Gasteiger partial charge in [-0.15, -0.1) is 0 Å². The quantitative estimate of drug-likeness (QED) is 0.455. The molecule has 0 saturated carbocycles. The lowest BCUT2D eigenvalue weighted by Crippen LogP contribution is -2.07. The zero-order valence-corrected chi connectivity index (χ0v) is 12.3. The van der Waals surface area contributed by atoms with Crippen LogP contribution in [0.3, 0.4) is 0 Å². The second kappa shape index (κ2) is 6.52. The molecule has 108 valence electrons. The number of hydrogen-bond donors (Lipinski definition) is 3. The molecule has 2 aromatic rings. The summed E-state index contributed by atoms with van der Waals surface area (Å²) in [5, 5.41) is 12.2. The second-order valence-electron chi connectivity index (χ2n) is 4.28. The number of phenols is 1. The Balaban J connectivity index is 2.08. The Kier molecular flexibility index (Phi) is 4.73. The largest absolute Gasteiger partial charge is 0.505 e. The molecule has 0 spiro atoms. The molecule has 0 radical (unpaired) electrons. The van der Waals surface area contributed by atoms with Crippen molar-refractivity contribution in [3.05, 3.63) is 58.1 Å². The Morgan fingerprint density at radius 1 is 1.19 bits per heavy atom. The number of rotatable bonds is 3. The third kappa shape index (κ3) is 4.15. The summed E-state index contributed by atoms with van der Waals surface area (Å²) >= 11 is 11.6. The summed E-state index contributed by atoms with van der Waals surface area (Å²) in [6, 6.07) is 9.96. The zero-order valence-electron chi connectivity index (χ0n) is 10.8. The molecule has 0 atom stereocenters. The van der Waals surface area contributed by atoms with Crippen LogP contribution >= 0.6 is 23.2 Å². The van der Waals surface area contributed by atoms with Crippen LogP contribution in [0.5, 0.6) is 5.75 Å². The molecule has 0 heterocycles. The van der Waals surface area contributed by atoms with E-state index in [2.05, 4.69) is 5.32 Å². The predicted molar refractivity (Wildman–Crippen MR) is 86.6 cm³/mol. The van der Waals surface area contributed by atoms with Crippen molar-refractivity contribution in [2.24, 2.45) is 0 Å². The van der Waals surface area contributed by atoms with E-state index in [4.69, 9.17) is 28.9 Å². The zero-order chi connectivity index (χ0) is 15.4. The maximum atomic E-state index is 11.8. The summed E-state index contributed by atoms with van der Waals surface area (Å²) in [4.78, 5) is 11.8. The highest BCUT2D eigenvalue weighted by Gasteiger charge is 2.07. The van der Waals surface area contributed by atoms with Crippen molar-refractivity contribution in [3.8, 4) is 5.75 Å². The number of nitrogens with one attached hydrogen (secondary N) is 1. The van der Waals surface area contributed by atoms with Crippen molar-refractivity contribution >= 4 is 46.6 Å². The fraction of sp³-hybridized carbons (Fsp3) is 0. The van der Waals surface area contributed by atoms with Gasteiger partial charge in [0, 0.05) is 17.5 Å². The van der Waals surface area contributed by atoms with Crippen LogP contribution in [0, 0.1) is 0 Å². The summed E-state index contributed by atoms with van der Waals surface area (Å²) < 4.78 is 0. The van der Waals surface area contributed by atoms with Gasteiger partial charge in [-0.2, -0.15) is 0 Å². The first-order valence-electron chi connectivity index (χ1n) is 5.98. The molecule has 0 bridgehead atoms. The van der Waals surface area contributed by atoms with Crippen LogP contribution in [0.1, 0.15) is 5.56 Å². The van der Waals surface area contributed by atoms with Gasteiger partial charge in [-0.1, -0.05) is 35.3 Å². The molecule has 6 heteroatoms. The minimum Gasteiger partial charge on any atom is -0.505 e. The molecule has 2 rings (SSSR count). The van der Waals surface area contributed by atoms with E-state index >= 15 is 0 Å². The van der Waals surface area contributed by atoms with Crippen molar-refractivity contribution in [3.63, 3.8) is 0 Å².